The molecule has 0 fully saturated rings. The molecule has 0 atom stereocenters. The number of urea groups is 1. The summed E-state index contributed by atoms with van der Waals surface area (Å²) < 4.78 is 1.81. The fraction of sp³-hybridized carbons (Fsp3) is 0.125. The molecule has 2 amide bonds. The van der Waals surface area contributed by atoms with Crippen molar-refractivity contribution in [1.29, 1.82) is 0 Å². The molecular weight excluding hydrogens is 280 g/mol. The molecule has 0 aliphatic carbocycles. The minimum absolute atomic E-state index is 0.155. The van der Waals surface area contributed by atoms with Crippen LogP contribution in [-0.4, -0.2) is 20.9 Å². The van der Waals surface area contributed by atoms with Crippen LogP contribution in [0.4, 0.5) is 16.2 Å². The van der Waals surface area contributed by atoms with Crippen LogP contribution in [-0.2, 0) is 7.05 Å². The van der Waals surface area contributed by atoms with E-state index in [9.17, 15) is 9.90 Å². The van der Waals surface area contributed by atoms with Crippen LogP contribution in [0, 0.1) is 6.92 Å². The number of nitrogens with zero attached hydrogens (tertiary/aromatic N) is 2. The fourth-order valence-corrected chi connectivity index (χ4v) is 2.25. The first-order valence-electron chi connectivity index (χ1n) is 6.83. The Balaban J connectivity index is 1.74. The number of phenols is 1. The smallest absolute Gasteiger partial charge is 0.323 e. The first-order valence-corrected chi connectivity index (χ1v) is 6.83. The molecule has 0 aliphatic heterocycles. The van der Waals surface area contributed by atoms with Crippen LogP contribution in [0.5, 0.6) is 5.75 Å². The van der Waals surface area contributed by atoms with Crippen LogP contribution in [0.1, 0.15) is 5.69 Å². The van der Waals surface area contributed by atoms with Gasteiger partial charge in [-0.2, -0.15) is 5.10 Å². The molecule has 6 heteroatoms. The lowest BCUT2D eigenvalue weighted by Crippen LogP contribution is -2.19. The average Bonchev–Trinajstić information content (AvgIpc) is 2.76. The molecular formula is C16H16N4O2. The zero-order valence-corrected chi connectivity index (χ0v) is 12.3. The van der Waals surface area contributed by atoms with Crippen LogP contribution in [0.3, 0.4) is 0 Å². The summed E-state index contributed by atoms with van der Waals surface area (Å²) in [5, 5.41) is 20.1. The van der Waals surface area contributed by atoms with E-state index < -0.39 is 0 Å². The number of hydrogen-bond donors (Lipinski definition) is 3. The number of hydrogen-bond acceptors (Lipinski definition) is 3. The quantitative estimate of drug-likeness (QED) is 0.635. The molecule has 1 aromatic heterocycles. The molecule has 1 heterocycles. The van der Waals surface area contributed by atoms with Gasteiger partial charge < -0.3 is 15.7 Å². The lowest BCUT2D eigenvalue weighted by atomic mass is 10.2. The van der Waals surface area contributed by atoms with Crippen LogP contribution in [0.25, 0.3) is 10.9 Å². The predicted molar refractivity (Wildman–Crippen MR) is 86.2 cm³/mol. The Labute approximate surface area is 127 Å². The minimum atomic E-state index is -0.349. The lowest BCUT2D eigenvalue weighted by molar-refractivity contribution is 0.262. The summed E-state index contributed by atoms with van der Waals surface area (Å²) >= 11 is 0. The minimum Gasteiger partial charge on any atom is -0.508 e. The number of amides is 2. The van der Waals surface area contributed by atoms with Gasteiger partial charge in [0, 0.05) is 29.5 Å². The van der Waals surface area contributed by atoms with Crippen molar-refractivity contribution in [1.82, 2.24) is 9.78 Å². The number of aromatic hydroxyl groups is 1. The highest BCUT2D eigenvalue weighted by atomic mass is 16.3. The number of fused-ring (bicyclic) bond motifs is 1. The van der Waals surface area contributed by atoms with Gasteiger partial charge in [-0.05, 0) is 49.4 Å². The average molecular weight is 296 g/mol. The Morgan fingerprint density at radius 3 is 2.45 bits per heavy atom. The third-order valence-electron chi connectivity index (χ3n) is 3.51. The first kappa shape index (κ1) is 13.9. The van der Waals surface area contributed by atoms with E-state index in [-0.39, 0.29) is 11.8 Å². The summed E-state index contributed by atoms with van der Waals surface area (Å²) in [4.78, 5) is 12.0. The number of benzene rings is 2. The van der Waals surface area contributed by atoms with Crippen molar-refractivity contribution in [2.24, 2.45) is 7.05 Å². The van der Waals surface area contributed by atoms with Crippen LogP contribution >= 0.6 is 0 Å². The number of nitrogens with one attached hydrogen (secondary N) is 2. The number of carbonyl (C=O) groups excluding carboxylic acids is 1. The molecule has 2 aromatic carbocycles. The van der Waals surface area contributed by atoms with Gasteiger partial charge in [-0.15, -0.1) is 0 Å². The first-order chi connectivity index (χ1) is 10.5. The van der Waals surface area contributed by atoms with Crippen LogP contribution in [0.2, 0.25) is 0 Å². The zero-order chi connectivity index (χ0) is 15.7. The molecule has 3 rings (SSSR count). The number of aryl methyl sites for hydroxylation is 2. The molecule has 3 aromatic rings. The Morgan fingerprint density at radius 2 is 1.73 bits per heavy atom. The van der Waals surface area contributed by atoms with Gasteiger partial charge in [0.2, 0.25) is 0 Å². The Hall–Kier alpha value is -3.02. The van der Waals surface area contributed by atoms with Gasteiger partial charge in [0.1, 0.15) is 5.75 Å². The van der Waals surface area contributed by atoms with Gasteiger partial charge in [-0.25, -0.2) is 4.79 Å². The molecule has 3 N–H and O–H groups in total. The van der Waals surface area contributed by atoms with E-state index in [1.807, 2.05) is 36.9 Å². The van der Waals surface area contributed by atoms with Gasteiger partial charge in [-0.3, -0.25) is 4.68 Å². The van der Waals surface area contributed by atoms with E-state index in [1.165, 1.54) is 12.1 Å². The van der Waals surface area contributed by atoms with Crippen molar-refractivity contribution >= 4 is 28.3 Å². The molecule has 0 saturated carbocycles. The number of phenolic OH excluding ortho intramolecular Hbond substituents is 1. The van der Waals surface area contributed by atoms with Crippen molar-refractivity contribution < 1.29 is 9.90 Å². The van der Waals surface area contributed by atoms with Gasteiger partial charge >= 0.3 is 6.03 Å². The highest BCUT2D eigenvalue weighted by molar-refractivity contribution is 6.01. The third-order valence-corrected chi connectivity index (χ3v) is 3.51. The summed E-state index contributed by atoms with van der Waals surface area (Å²) in [7, 11) is 1.89. The maximum Gasteiger partial charge on any atom is 0.323 e. The maximum absolute atomic E-state index is 12.0. The highest BCUT2D eigenvalue weighted by Crippen LogP contribution is 2.21. The largest absolute Gasteiger partial charge is 0.508 e. The van der Waals surface area contributed by atoms with Crippen molar-refractivity contribution in [3.05, 3.63) is 48.2 Å². The third kappa shape index (κ3) is 2.71. The lowest BCUT2D eigenvalue weighted by Gasteiger charge is -2.07. The van der Waals surface area contributed by atoms with E-state index in [2.05, 4.69) is 15.7 Å². The SMILES string of the molecule is Cc1c2ccc(NC(=O)Nc3ccc(O)cc3)cc2nn1C. The Kier molecular flexibility index (Phi) is 3.42. The zero-order valence-electron chi connectivity index (χ0n) is 12.3. The summed E-state index contributed by atoms with van der Waals surface area (Å²) in [6, 6.07) is 11.5. The highest BCUT2D eigenvalue weighted by Gasteiger charge is 2.07. The fourth-order valence-electron chi connectivity index (χ4n) is 2.25. The predicted octanol–water partition coefficient (Wildman–Crippen LogP) is 3.23. The molecule has 112 valence electrons. The monoisotopic (exact) mass is 296 g/mol. The van der Waals surface area contributed by atoms with Crippen LogP contribution in [0.15, 0.2) is 42.5 Å². The molecule has 0 unspecified atom stereocenters. The standard InChI is InChI=1S/C16H16N4O2/c1-10-14-8-5-12(9-15(14)19-20(10)2)18-16(22)17-11-3-6-13(21)7-4-11/h3-9,21H,1-2H3,(H2,17,18,22). The molecule has 0 spiro atoms. The summed E-state index contributed by atoms with van der Waals surface area (Å²) in [5.74, 6) is 0.155. The van der Waals surface area contributed by atoms with Crippen LogP contribution < -0.4 is 10.6 Å². The maximum atomic E-state index is 12.0. The normalized spacial score (nSPS) is 10.6. The van der Waals surface area contributed by atoms with Gasteiger partial charge in [-0.1, -0.05) is 0 Å². The molecule has 0 aliphatic rings. The Morgan fingerprint density at radius 1 is 1.09 bits per heavy atom. The van der Waals surface area contributed by atoms with Crippen molar-refractivity contribution in [3.8, 4) is 5.75 Å². The van der Waals surface area contributed by atoms with Crippen molar-refractivity contribution in [2.45, 2.75) is 6.92 Å². The van der Waals surface area contributed by atoms with Crippen molar-refractivity contribution in [2.75, 3.05) is 10.6 Å². The van der Waals surface area contributed by atoms with E-state index in [0.717, 1.165) is 16.6 Å². The summed E-state index contributed by atoms with van der Waals surface area (Å²) in [5.41, 5.74) is 3.18. The second kappa shape index (κ2) is 5.40. The van der Waals surface area contributed by atoms with Crippen molar-refractivity contribution in [3.63, 3.8) is 0 Å². The number of anilines is 2. The number of aromatic nitrogens is 2. The summed E-state index contributed by atoms with van der Waals surface area (Å²) in [6.07, 6.45) is 0. The van der Waals surface area contributed by atoms with E-state index >= 15 is 0 Å². The van der Waals surface area contributed by atoms with E-state index in [1.54, 1.807) is 12.1 Å². The molecule has 0 saturated heterocycles. The molecule has 22 heavy (non-hydrogen) atoms. The molecule has 0 radical (unpaired) electrons. The van der Waals surface area contributed by atoms with E-state index in [0.29, 0.717) is 11.4 Å². The van der Waals surface area contributed by atoms with E-state index in [4.69, 9.17) is 0 Å². The summed E-state index contributed by atoms with van der Waals surface area (Å²) in [6.45, 7) is 2.00. The van der Waals surface area contributed by atoms with Gasteiger partial charge in [0.05, 0.1) is 5.52 Å². The number of rotatable bonds is 2. The Bertz CT molecular complexity index is 837. The second-order valence-electron chi connectivity index (χ2n) is 5.07. The number of carbonyl (C=O) groups is 1. The molecule has 0 bridgehead atoms. The van der Waals surface area contributed by atoms with Gasteiger partial charge in [0.15, 0.2) is 0 Å². The topological polar surface area (TPSA) is 79.2 Å². The molecule has 6 nitrogen and oxygen atoms in total. The van der Waals surface area contributed by atoms with Gasteiger partial charge in [0.25, 0.3) is 0 Å². The second-order valence-corrected chi connectivity index (χ2v) is 5.07.